The van der Waals surface area contributed by atoms with E-state index in [9.17, 15) is 0 Å². The summed E-state index contributed by atoms with van der Waals surface area (Å²) in [5.74, 6) is 0. The van der Waals surface area contributed by atoms with E-state index in [1.807, 2.05) is 18.7 Å². The zero-order valence-corrected chi connectivity index (χ0v) is 12.3. The second-order valence-electron chi connectivity index (χ2n) is 5.01. The van der Waals surface area contributed by atoms with E-state index in [2.05, 4.69) is 43.2 Å². The molecule has 0 aliphatic carbocycles. The van der Waals surface area contributed by atoms with Gasteiger partial charge in [0.25, 0.3) is 0 Å². The standard InChI is InChI=1S/C16H23N3/c1-5-14-16(15(6-2)19(4)18-14)13-9-7-8-12(10-13)11(3)17/h7-11H,5-6,17H2,1-4H3. The Bertz CT molecular complexity index is 567. The number of nitrogens with two attached hydrogens (primary N) is 1. The first-order valence-corrected chi connectivity index (χ1v) is 6.99. The van der Waals surface area contributed by atoms with Crippen molar-refractivity contribution in [2.75, 3.05) is 0 Å². The topological polar surface area (TPSA) is 43.8 Å². The van der Waals surface area contributed by atoms with Gasteiger partial charge >= 0.3 is 0 Å². The Hall–Kier alpha value is -1.61. The van der Waals surface area contributed by atoms with E-state index in [-0.39, 0.29) is 6.04 Å². The van der Waals surface area contributed by atoms with Crippen molar-refractivity contribution in [1.29, 1.82) is 0 Å². The van der Waals surface area contributed by atoms with Gasteiger partial charge in [0.05, 0.1) is 5.69 Å². The van der Waals surface area contributed by atoms with Crippen LogP contribution in [0.25, 0.3) is 11.1 Å². The van der Waals surface area contributed by atoms with Crippen molar-refractivity contribution in [3.63, 3.8) is 0 Å². The first-order valence-electron chi connectivity index (χ1n) is 6.99. The van der Waals surface area contributed by atoms with E-state index in [0.717, 1.165) is 12.8 Å². The molecule has 0 radical (unpaired) electrons. The van der Waals surface area contributed by atoms with Crippen LogP contribution in [0.15, 0.2) is 24.3 Å². The predicted octanol–water partition coefficient (Wildman–Crippen LogP) is 3.23. The van der Waals surface area contributed by atoms with Crippen LogP contribution < -0.4 is 5.73 Å². The first kappa shape index (κ1) is 13.8. The number of hydrogen-bond donors (Lipinski definition) is 1. The van der Waals surface area contributed by atoms with Crippen molar-refractivity contribution in [1.82, 2.24) is 9.78 Å². The summed E-state index contributed by atoms with van der Waals surface area (Å²) >= 11 is 0. The third-order valence-corrected chi connectivity index (χ3v) is 3.61. The average Bonchev–Trinajstić information content (AvgIpc) is 2.74. The van der Waals surface area contributed by atoms with Gasteiger partial charge in [-0.15, -0.1) is 0 Å². The highest BCUT2D eigenvalue weighted by molar-refractivity contribution is 5.69. The van der Waals surface area contributed by atoms with Crippen molar-refractivity contribution in [2.24, 2.45) is 12.8 Å². The molecule has 2 N–H and O–H groups in total. The fourth-order valence-corrected chi connectivity index (χ4v) is 2.58. The average molecular weight is 257 g/mol. The molecule has 0 saturated carbocycles. The maximum Gasteiger partial charge on any atom is 0.0703 e. The van der Waals surface area contributed by atoms with Gasteiger partial charge in [0.1, 0.15) is 0 Å². The minimum atomic E-state index is 0.0618. The number of hydrogen-bond acceptors (Lipinski definition) is 2. The Balaban J connectivity index is 2.60. The lowest BCUT2D eigenvalue weighted by Gasteiger charge is -2.10. The fourth-order valence-electron chi connectivity index (χ4n) is 2.58. The van der Waals surface area contributed by atoms with Crippen LogP contribution in [0.2, 0.25) is 0 Å². The summed E-state index contributed by atoms with van der Waals surface area (Å²) in [6.45, 7) is 6.35. The van der Waals surface area contributed by atoms with Gasteiger partial charge in [-0.05, 0) is 37.0 Å². The number of aryl methyl sites for hydroxylation is 2. The minimum Gasteiger partial charge on any atom is -0.324 e. The van der Waals surface area contributed by atoms with Crippen LogP contribution in [-0.2, 0) is 19.9 Å². The molecule has 102 valence electrons. The van der Waals surface area contributed by atoms with E-state index in [0.29, 0.717) is 0 Å². The minimum absolute atomic E-state index is 0.0618. The van der Waals surface area contributed by atoms with Crippen molar-refractivity contribution < 1.29 is 0 Å². The van der Waals surface area contributed by atoms with Gasteiger partial charge < -0.3 is 5.73 Å². The molecule has 0 spiro atoms. The number of benzene rings is 1. The van der Waals surface area contributed by atoms with Crippen LogP contribution in [0.4, 0.5) is 0 Å². The molecular formula is C16H23N3. The largest absolute Gasteiger partial charge is 0.324 e. The summed E-state index contributed by atoms with van der Waals surface area (Å²) in [6.07, 6.45) is 1.94. The molecule has 0 saturated heterocycles. The van der Waals surface area contributed by atoms with Gasteiger partial charge in [-0.1, -0.05) is 32.0 Å². The third-order valence-electron chi connectivity index (χ3n) is 3.61. The molecule has 0 aliphatic rings. The Morgan fingerprint density at radius 2 is 2.00 bits per heavy atom. The lowest BCUT2D eigenvalue weighted by molar-refractivity contribution is 0.705. The first-order chi connectivity index (χ1) is 9.08. The maximum atomic E-state index is 5.99. The number of aromatic nitrogens is 2. The van der Waals surface area contributed by atoms with Crippen LogP contribution in [-0.4, -0.2) is 9.78 Å². The molecule has 0 bridgehead atoms. The molecule has 1 unspecified atom stereocenters. The van der Waals surface area contributed by atoms with Crippen LogP contribution in [0, 0.1) is 0 Å². The van der Waals surface area contributed by atoms with Gasteiger partial charge in [0, 0.05) is 24.3 Å². The molecule has 1 heterocycles. The van der Waals surface area contributed by atoms with Crippen LogP contribution in [0.5, 0.6) is 0 Å². The SMILES string of the molecule is CCc1nn(C)c(CC)c1-c1cccc(C(C)N)c1. The lowest BCUT2D eigenvalue weighted by atomic mass is 9.97. The molecule has 1 atom stereocenters. The monoisotopic (exact) mass is 257 g/mol. The normalized spacial score (nSPS) is 12.7. The maximum absolute atomic E-state index is 5.99. The van der Waals surface area contributed by atoms with Crippen molar-refractivity contribution in [3.05, 3.63) is 41.2 Å². The smallest absolute Gasteiger partial charge is 0.0703 e. The van der Waals surface area contributed by atoms with Crippen LogP contribution >= 0.6 is 0 Å². The molecule has 1 aromatic carbocycles. The van der Waals surface area contributed by atoms with Crippen molar-refractivity contribution in [2.45, 2.75) is 39.7 Å². The number of nitrogens with zero attached hydrogens (tertiary/aromatic N) is 2. The summed E-state index contributed by atoms with van der Waals surface area (Å²) in [5, 5.41) is 4.64. The van der Waals surface area contributed by atoms with Crippen molar-refractivity contribution >= 4 is 0 Å². The molecular weight excluding hydrogens is 234 g/mol. The Morgan fingerprint density at radius 1 is 1.26 bits per heavy atom. The van der Waals surface area contributed by atoms with E-state index < -0.39 is 0 Å². The summed E-state index contributed by atoms with van der Waals surface area (Å²) in [6, 6.07) is 8.58. The molecule has 3 heteroatoms. The highest BCUT2D eigenvalue weighted by atomic mass is 15.3. The quantitative estimate of drug-likeness (QED) is 0.914. The van der Waals surface area contributed by atoms with E-state index in [1.54, 1.807) is 0 Å². The third kappa shape index (κ3) is 2.56. The second kappa shape index (κ2) is 5.57. The molecule has 2 aromatic rings. The van der Waals surface area contributed by atoms with E-state index >= 15 is 0 Å². The molecule has 19 heavy (non-hydrogen) atoms. The van der Waals surface area contributed by atoms with Crippen molar-refractivity contribution in [3.8, 4) is 11.1 Å². The number of rotatable bonds is 4. The van der Waals surface area contributed by atoms with Gasteiger partial charge in [0.15, 0.2) is 0 Å². The van der Waals surface area contributed by atoms with Crippen LogP contribution in [0.1, 0.15) is 43.8 Å². The molecule has 0 amide bonds. The fraction of sp³-hybridized carbons (Fsp3) is 0.438. The molecule has 0 fully saturated rings. The van der Waals surface area contributed by atoms with Gasteiger partial charge in [-0.25, -0.2) is 0 Å². The summed E-state index contributed by atoms with van der Waals surface area (Å²) in [5.41, 5.74) is 12.1. The second-order valence-corrected chi connectivity index (χ2v) is 5.01. The Kier molecular flexibility index (Phi) is 4.05. The summed E-state index contributed by atoms with van der Waals surface area (Å²) in [4.78, 5) is 0. The highest BCUT2D eigenvalue weighted by Crippen LogP contribution is 2.29. The van der Waals surface area contributed by atoms with E-state index in [1.165, 1.54) is 28.1 Å². The van der Waals surface area contributed by atoms with Gasteiger partial charge in [-0.2, -0.15) is 5.10 Å². The molecule has 1 aromatic heterocycles. The lowest BCUT2D eigenvalue weighted by Crippen LogP contribution is -2.04. The predicted molar refractivity (Wildman–Crippen MR) is 80.0 cm³/mol. The Labute approximate surface area is 115 Å². The summed E-state index contributed by atoms with van der Waals surface area (Å²) in [7, 11) is 2.02. The zero-order valence-electron chi connectivity index (χ0n) is 12.3. The zero-order chi connectivity index (χ0) is 14.0. The summed E-state index contributed by atoms with van der Waals surface area (Å²) < 4.78 is 2.01. The van der Waals surface area contributed by atoms with Gasteiger partial charge in [0.2, 0.25) is 0 Å². The molecule has 2 rings (SSSR count). The molecule has 0 aliphatic heterocycles. The van der Waals surface area contributed by atoms with E-state index in [4.69, 9.17) is 5.73 Å². The van der Waals surface area contributed by atoms with Crippen LogP contribution in [0.3, 0.4) is 0 Å². The van der Waals surface area contributed by atoms with Gasteiger partial charge in [-0.3, -0.25) is 4.68 Å². The molecule has 3 nitrogen and oxygen atoms in total. The highest BCUT2D eigenvalue weighted by Gasteiger charge is 2.15. The Morgan fingerprint density at radius 3 is 2.58 bits per heavy atom.